The first-order valence-corrected chi connectivity index (χ1v) is 9.95. The third kappa shape index (κ3) is 4.25. The molecular weight excluding hydrogens is 380 g/mol. The zero-order valence-corrected chi connectivity index (χ0v) is 17.5. The lowest BCUT2D eigenvalue weighted by molar-refractivity contribution is 0.373. The average molecular weight is 406 g/mol. The number of piperazine rings is 1. The highest BCUT2D eigenvalue weighted by Crippen LogP contribution is 2.33. The van der Waals surface area contributed by atoms with Crippen molar-refractivity contribution in [3.8, 4) is 23.1 Å². The Kier molecular flexibility index (Phi) is 5.88. The van der Waals surface area contributed by atoms with Gasteiger partial charge >= 0.3 is 0 Å². The largest absolute Gasteiger partial charge is 0.495 e. The maximum absolute atomic E-state index is 5.98. The highest BCUT2D eigenvalue weighted by molar-refractivity contribution is 5.59. The minimum absolute atomic E-state index is 0.495. The maximum Gasteiger partial charge on any atom is 0.224 e. The minimum Gasteiger partial charge on any atom is -0.495 e. The van der Waals surface area contributed by atoms with Crippen molar-refractivity contribution in [1.82, 2.24) is 9.97 Å². The number of benzene rings is 2. The van der Waals surface area contributed by atoms with Crippen LogP contribution in [0.5, 0.6) is 23.1 Å². The first-order chi connectivity index (χ1) is 14.7. The number of para-hydroxylation sites is 2. The molecule has 7 nitrogen and oxygen atoms in total. The van der Waals surface area contributed by atoms with Crippen molar-refractivity contribution in [2.45, 2.75) is 6.92 Å². The number of methoxy groups -OCH3 is 2. The van der Waals surface area contributed by atoms with Crippen molar-refractivity contribution in [3.63, 3.8) is 0 Å². The summed E-state index contributed by atoms with van der Waals surface area (Å²) >= 11 is 0. The van der Waals surface area contributed by atoms with Crippen LogP contribution >= 0.6 is 0 Å². The molecule has 1 aromatic heterocycles. The molecule has 0 unspecified atom stereocenters. The van der Waals surface area contributed by atoms with E-state index in [4.69, 9.17) is 14.2 Å². The zero-order valence-electron chi connectivity index (χ0n) is 17.5. The highest BCUT2D eigenvalue weighted by Gasteiger charge is 2.21. The molecule has 1 aliphatic rings. The summed E-state index contributed by atoms with van der Waals surface area (Å²) in [6.07, 6.45) is 1.54. The fourth-order valence-corrected chi connectivity index (χ4v) is 3.60. The summed E-state index contributed by atoms with van der Waals surface area (Å²) in [5.74, 6) is 3.56. The molecule has 156 valence electrons. The molecule has 1 aliphatic heterocycles. The SMILES string of the molecule is COc1cc(C)ccc1Oc1cc(N2CCN(c3ccccc3OC)CC2)ncn1. The molecule has 1 fully saturated rings. The van der Waals surface area contributed by atoms with Crippen molar-refractivity contribution in [3.05, 3.63) is 60.4 Å². The Bertz CT molecular complexity index is 1000. The van der Waals surface area contributed by atoms with E-state index in [0.29, 0.717) is 17.4 Å². The van der Waals surface area contributed by atoms with Crippen LogP contribution in [0.4, 0.5) is 11.5 Å². The summed E-state index contributed by atoms with van der Waals surface area (Å²) in [5.41, 5.74) is 2.23. The predicted octanol–water partition coefficient (Wildman–Crippen LogP) is 3.92. The Morgan fingerprint density at radius 2 is 1.50 bits per heavy atom. The summed E-state index contributed by atoms with van der Waals surface area (Å²) < 4.78 is 16.9. The van der Waals surface area contributed by atoms with Crippen molar-refractivity contribution >= 4 is 11.5 Å². The summed E-state index contributed by atoms with van der Waals surface area (Å²) in [6.45, 7) is 5.48. The number of aryl methyl sites for hydroxylation is 1. The molecule has 0 spiro atoms. The first kappa shape index (κ1) is 19.8. The van der Waals surface area contributed by atoms with Crippen LogP contribution < -0.4 is 24.0 Å². The molecule has 0 saturated carbocycles. The number of rotatable bonds is 6. The monoisotopic (exact) mass is 406 g/mol. The van der Waals surface area contributed by atoms with E-state index in [2.05, 4.69) is 25.8 Å². The van der Waals surface area contributed by atoms with E-state index in [9.17, 15) is 0 Å². The number of ether oxygens (including phenoxy) is 3. The standard InChI is InChI=1S/C23H26N4O3/c1-17-8-9-20(21(14-17)29-3)30-23-15-22(24-16-25-23)27-12-10-26(11-13-27)18-6-4-5-7-19(18)28-2/h4-9,14-16H,10-13H2,1-3H3. The van der Waals surface area contributed by atoms with Gasteiger partial charge in [-0.05, 0) is 36.8 Å². The van der Waals surface area contributed by atoms with Gasteiger partial charge in [0.1, 0.15) is 17.9 Å². The molecular formula is C23H26N4O3. The second kappa shape index (κ2) is 8.90. The summed E-state index contributed by atoms with van der Waals surface area (Å²) in [6, 6.07) is 15.8. The van der Waals surface area contributed by atoms with Gasteiger partial charge in [-0.3, -0.25) is 0 Å². The molecule has 3 aromatic rings. The molecule has 2 heterocycles. The quantitative estimate of drug-likeness (QED) is 0.615. The molecule has 0 amide bonds. The van der Waals surface area contributed by atoms with Gasteiger partial charge in [-0.15, -0.1) is 0 Å². The number of nitrogens with zero attached hydrogens (tertiary/aromatic N) is 4. The van der Waals surface area contributed by atoms with Crippen LogP contribution in [0, 0.1) is 6.92 Å². The van der Waals surface area contributed by atoms with E-state index in [1.807, 2.05) is 49.4 Å². The fraction of sp³-hybridized carbons (Fsp3) is 0.304. The summed E-state index contributed by atoms with van der Waals surface area (Å²) in [7, 11) is 3.34. The van der Waals surface area contributed by atoms with Crippen molar-refractivity contribution in [1.29, 1.82) is 0 Å². The van der Waals surface area contributed by atoms with Crippen LogP contribution in [-0.4, -0.2) is 50.4 Å². The molecule has 0 N–H and O–H groups in total. The molecule has 0 atom stereocenters. The van der Waals surface area contributed by atoms with Gasteiger partial charge in [0.2, 0.25) is 5.88 Å². The molecule has 4 rings (SSSR count). The third-order valence-corrected chi connectivity index (χ3v) is 5.19. The Balaban J connectivity index is 1.45. The van der Waals surface area contributed by atoms with Crippen LogP contribution in [0.25, 0.3) is 0 Å². The molecule has 2 aromatic carbocycles. The van der Waals surface area contributed by atoms with Gasteiger partial charge in [-0.2, -0.15) is 0 Å². The van der Waals surface area contributed by atoms with Crippen molar-refractivity contribution < 1.29 is 14.2 Å². The van der Waals surface area contributed by atoms with E-state index in [1.54, 1.807) is 14.2 Å². The van der Waals surface area contributed by atoms with Gasteiger partial charge in [0, 0.05) is 32.2 Å². The van der Waals surface area contributed by atoms with Crippen LogP contribution in [0.2, 0.25) is 0 Å². The van der Waals surface area contributed by atoms with Crippen LogP contribution in [-0.2, 0) is 0 Å². The van der Waals surface area contributed by atoms with Crippen molar-refractivity contribution in [2.24, 2.45) is 0 Å². The lowest BCUT2D eigenvalue weighted by Crippen LogP contribution is -2.47. The van der Waals surface area contributed by atoms with Crippen molar-refractivity contribution in [2.75, 3.05) is 50.2 Å². The topological polar surface area (TPSA) is 60.0 Å². The van der Waals surface area contributed by atoms with Gasteiger partial charge in [0.05, 0.1) is 19.9 Å². The maximum atomic E-state index is 5.98. The second-order valence-corrected chi connectivity index (χ2v) is 7.12. The minimum atomic E-state index is 0.495. The number of hydrogen-bond acceptors (Lipinski definition) is 7. The Hall–Kier alpha value is -3.48. The van der Waals surface area contributed by atoms with E-state index in [1.165, 1.54) is 6.33 Å². The Labute approximate surface area is 176 Å². The molecule has 7 heteroatoms. The number of aromatic nitrogens is 2. The Morgan fingerprint density at radius 1 is 0.767 bits per heavy atom. The smallest absolute Gasteiger partial charge is 0.224 e. The van der Waals surface area contributed by atoms with Gasteiger partial charge in [-0.1, -0.05) is 18.2 Å². The van der Waals surface area contributed by atoms with Gasteiger partial charge < -0.3 is 24.0 Å². The fourth-order valence-electron chi connectivity index (χ4n) is 3.60. The van der Waals surface area contributed by atoms with Crippen LogP contribution in [0.1, 0.15) is 5.56 Å². The van der Waals surface area contributed by atoms with Crippen LogP contribution in [0.15, 0.2) is 54.9 Å². The third-order valence-electron chi connectivity index (χ3n) is 5.19. The molecule has 0 radical (unpaired) electrons. The first-order valence-electron chi connectivity index (χ1n) is 9.95. The molecule has 30 heavy (non-hydrogen) atoms. The van der Waals surface area contributed by atoms with E-state index in [-0.39, 0.29) is 0 Å². The zero-order chi connectivity index (χ0) is 20.9. The molecule has 1 saturated heterocycles. The predicted molar refractivity (Wildman–Crippen MR) is 117 cm³/mol. The molecule has 0 bridgehead atoms. The summed E-state index contributed by atoms with van der Waals surface area (Å²) in [4.78, 5) is 13.3. The van der Waals surface area contributed by atoms with Gasteiger partial charge in [0.25, 0.3) is 0 Å². The van der Waals surface area contributed by atoms with Gasteiger partial charge in [-0.25, -0.2) is 9.97 Å². The van der Waals surface area contributed by atoms with E-state index < -0.39 is 0 Å². The number of anilines is 2. The lowest BCUT2D eigenvalue weighted by Gasteiger charge is -2.37. The Morgan fingerprint density at radius 3 is 2.27 bits per heavy atom. The van der Waals surface area contributed by atoms with Crippen LogP contribution in [0.3, 0.4) is 0 Å². The van der Waals surface area contributed by atoms with E-state index in [0.717, 1.165) is 49.0 Å². The average Bonchev–Trinajstić information content (AvgIpc) is 2.80. The lowest BCUT2D eigenvalue weighted by atomic mass is 10.2. The van der Waals surface area contributed by atoms with Gasteiger partial charge in [0.15, 0.2) is 11.5 Å². The summed E-state index contributed by atoms with van der Waals surface area (Å²) in [5, 5.41) is 0. The second-order valence-electron chi connectivity index (χ2n) is 7.12. The number of hydrogen-bond donors (Lipinski definition) is 0. The normalized spacial score (nSPS) is 13.8. The van der Waals surface area contributed by atoms with E-state index >= 15 is 0 Å². The highest BCUT2D eigenvalue weighted by atomic mass is 16.5. The molecule has 0 aliphatic carbocycles.